The molecule has 1 amide bonds. The van der Waals surface area contributed by atoms with E-state index in [9.17, 15) is 9.59 Å². The van der Waals surface area contributed by atoms with Crippen molar-refractivity contribution in [2.45, 2.75) is 20.0 Å². The van der Waals surface area contributed by atoms with Crippen LogP contribution in [0.2, 0.25) is 5.02 Å². The van der Waals surface area contributed by atoms with Gasteiger partial charge < -0.3 is 14.6 Å². The second kappa shape index (κ2) is 11.2. The number of benzene rings is 2. The number of hydrogen-bond donors (Lipinski definition) is 1. The van der Waals surface area contributed by atoms with Crippen LogP contribution in [0.4, 0.5) is 0 Å². The topological polar surface area (TPSA) is 76.1 Å². The van der Waals surface area contributed by atoms with Gasteiger partial charge in [0, 0.05) is 17.1 Å². The minimum absolute atomic E-state index is 0.0417. The molecule has 32 heavy (non-hydrogen) atoms. The first-order valence-corrected chi connectivity index (χ1v) is 12.0. The molecule has 0 bridgehead atoms. The molecule has 1 saturated heterocycles. The molecule has 3 rings (SSSR count). The van der Waals surface area contributed by atoms with Crippen molar-refractivity contribution in [3.05, 3.63) is 61.9 Å². The number of carboxylic acids is 1. The van der Waals surface area contributed by atoms with Gasteiger partial charge in [0.25, 0.3) is 5.91 Å². The van der Waals surface area contributed by atoms with Gasteiger partial charge in [0.15, 0.2) is 11.5 Å². The van der Waals surface area contributed by atoms with Crippen molar-refractivity contribution in [1.82, 2.24) is 4.90 Å². The fourth-order valence-corrected chi connectivity index (χ4v) is 4.96. The van der Waals surface area contributed by atoms with Crippen molar-refractivity contribution in [1.29, 1.82) is 0 Å². The number of hydrogen-bond acceptors (Lipinski definition) is 6. The third kappa shape index (κ3) is 6.04. The smallest absolute Gasteiger partial charge is 0.305 e. The Bertz CT molecular complexity index is 1090. The van der Waals surface area contributed by atoms with Crippen molar-refractivity contribution in [3.8, 4) is 11.5 Å². The van der Waals surface area contributed by atoms with E-state index in [4.69, 9.17) is 38.4 Å². The first-order chi connectivity index (χ1) is 15.3. The van der Waals surface area contributed by atoms with Crippen LogP contribution in [0.5, 0.6) is 11.5 Å². The van der Waals surface area contributed by atoms with E-state index in [0.717, 1.165) is 17.3 Å². The number of carbonyl (C=O) groups excluding carboxylic acids is 1. The molecular formula is C22H19BrClNO5S2. The van der Waals surface area contributed by atoms with E-state index in [0.29, 0.717) is 42.4 Å². The molecule has 1 heterocycles. The Hall–Kier alpha value is -2.07. The van der Waals surface area contributed by atoms with Gasteiger partial charge in [-0.15, -0.1) is 0 Å². The molecule has 0 saturated carbocycles. The van der Waals surface area contributed by atoms with Crippen LogP contribution >= 0.6 is 51.5 Å². The van der Waals surface area contributed by atoms with Crippen molar-refractivity contribution < 1.29 is 24.2 Å². The Labute approximate surface area is 208 Å². The first-order valence-electron chi connectivity index (χ1n) is 9.59. The molecule has 0 aromatic heterocycles. The lowest BCUT2D eigenvalue weighted by Gasteiger charge is -2.15. The summed E-state index contributed by atoms with van der Waals surface area (Å²) in [6.07, 6.45) is 1.53. The molecular weight excluding hydrogens is 538 g/mol. The molecule has 0 aliphatic carbocycles. The molecule has 1 aliphatic rings. The Morgan fingerprint density at radius 2 is 2.06 bits per heavy atom. The number of amides is 1. The van der Waals surface area contributed by atoms with E-state index in [-0.39, 0.29) is 25.5 Å². The summed E-state index contributed by atoms with van der Waals surface area (Å²) in [4.78, 5) is 25.2. The molecule has 1 fully saturated rings. The second-order valence-electron chi connectivity index (χ2n) is 6.62. The minimum atomic E-state index is -0.985. The van der Waals surface area contributed by atoms with E-state index in [1.54, 1.807) is 18.2 Å². The van der Waals surface area contributed by atoms with Gasteiger partial charge in [-0.1, -0.05) is 53.8 Å². The van der Waals surface area contributed by atoms with Gasteiger partial charge >= 0.3 is 5.97 Å². The first kappa shape index (κ1) is 24.6. The average molecular weight is 557 g/mol. The maximum absolute atomic E-state index is 12.7. The molecule has 0 atom stereocenters. The van der Waals surface area contributed by atoms with Crippen LogP contribution in [0.25, 0.3) is 6.08 Å². The van der Waals surface area contributed by atoms with Crippen LogP contribution in [-0.2, 0) is 16.2 Å². The van der Waals surface area contributed by atoms with Crippen molar-refractivity contribution >= 4 is 73.8 Å². The van der Waals surface area contributed by atoms with Crippen LogP contribution in [-0.4, -0.2) is 39.4 Å². The van der Waals surface area contributed by atoms with Gasteiger partial charge in [0.05, 0.1) is 22.4 Å². The summed E-state index contributed by atoms with van der Waals surface area (Å²) < 4.78 is 12.7. The predicted octanol–water partition coefficient (Wildman–Crippen LogP) is 5.76. The lowest BCUT2D eigenvalue weighted by molar-refractivity contribution is -0.137. The Morgan fingerprint density at radius 1 is 1.31 bits per heavy atom. The largest absolute Gasteiger partial charge is 0.490 e. The third-order valence-electron chi connectivity index (χ3n) is 4.38. The van der Waals surface area contributed by atoms with Crippen LogP contribution in [0, 0.1) is 0 Å². The Morgan fingerprint density at radius 3 is 2.75 bits per heavy atom. The predicted molar refractivity (Wildman–Crippen MR) is 133 cm³/mol. The Kier molecular flexibility index (Phi) is 8.58. The fourth-order valence-electron chi connectivity index (χ4n) is 2.89. The van der Waals surface area contributed by atoms with Crippen LogP contribution in [0.3, 0.4) is 0 Å². The Balaban J connectivity index is 1.84. The van der Waals surface area contributed by atoms with Crippen molar-refractivity contribution in [2.75, 3.05) is 13.2 Å². The highest BCUT2D eigenvalue weighted by molar-refractivity contribution is 9.10. The van der Waals surface area contributed by atoms with E-state index in [2.05, 4.69) is 15.9 Å². The third-order valence-corrected chi connectivity index (χ3v) is 6.72. The highest BCUT2D eigenvalue weighted by atomic mass is 79.9. The zero-order chi connectivity index (χ0) is 23.3. The van der Waals surface area contributed by atoms with E-state index < -0.39 is 5.97 Å². The van der Waals surface area contributed by atoms with E-state index >= 15 is 0 Å². The van der Waals surface area contributed by atoms with Gasteiger partial charge in [-0.2, -0.15) is 0 Å². The number of carboxylic acid groups (broad SMARTS) is 1. The summed E-state index contributed by atoms with van der Waals surface area (Å²) in [6.45, 7) is 2.60. The molecule has 6 nitrogen and oxygen atoms in total. The van der Waals surface area contributed by atoms with Crippen LogP contribution in [0.15, 0.2) is 45.8 Å². The molecule has 168 valence electrons. The van der Waals surface area contributed by atoms with Gasteiger partial charge in [-0.3, -0.25) is 14.5 Å². The highest BCUT2D eigenvalue weighted by Crippen LogP contribution is 2.40. The monoisotopic (exact) mass is 555 g/mol. The fraction of sp³-hybridized carbons (Fsp3) is 0.227. The van der Waals surface area contributed by atoms with Gasteiger partial charge in [-0.05, 0) is 52.7 Å². The summed E-state index contributed by atoms with van der Waals surface area (Å²) in [7, 11) is 0. The number of rotatable bonds is 9. The molecule has 1 aliphatic heterocycles. The number of halogens is 2. The number of thioether (sulfide) groups is 1. The summed E-state index contributed by atoms with van der Waals surface area (Å²) in [5.74, 6) is -0.255. The molecule has 2 aromatic rings. The van der Waals surface area contributed by atoms with Crippen LogP contribution < -0.4 is 9.47 Å². The molecule has 0 unspecified atom stereocenters. The SMILES string of the molecule is CCOc1cc(/C=C2/SC(=S)N(CCC(=O)O)C2=O)cc(Br)c1OCc1ccccc1Cl. The average Bonchev–Trinajstić information content (AvgIpc) is 2.99. The number of aliphatic carboxylic acids is 1. The normalized spacial score (nSPS) is 14.8. The quantitative estimate of drug-likeness (QED) is 0.311. The summed E-state index contributed by atoms with van der Waals surface area (Å²) in [5.41, 5.74) is 1.56. The van der Waals surface area contributed by atoms with E-state index in [1.807, 2.05) is 31.2 Å². The van der Waals surface area contributed by atoms with Gasteiger partial charge in [-0.25, -0.2) is 0 Å². The van der Waals surface area contributed by atoms with Gasteiger partial charge in [0.1, 0.15) is 10.9 Å². The highest BCUT2D eigenvalue weighted by Gasteiger charge is 2.32. The maximum atomic E-state index is 12.7. The summed E-state index contributed by atoms with van der Waals surface area (Å²) in [6, 6.07) is 11.0. The molecule has 1 N–H and O–H groups in total. The number of ether oxygens (including phenoxy) is 2. The molecule has 2 aromatic carbocycles. The number of carbonyl (C=O) groups is 2. The lowest BCUT2D eigenvalue weighted by Crippen LogP contribution is -2.30. The maximum Gasteiger partial charge on any atom is 0.305 e. The van der Waals surface area contributed by atoms with E-state index in [1.165, 1.54) is 4.90 Å². The van der Waals surface area contributed by atoms with Crippen molar-refractivity contribution in [3.63, 3.8) is 0 Å². The zero-order valence-corrected chi connectivity index (χ0v) is 20.9. The van der Waals surface area contributed by atoms with Crippen molar-refractivity contribution in [2.24, 2.45) is 0 Å². The van der Waals surface area contributed by atoms with Gasteiger partial charge in [0.2, 0.25) is 0 Å². The van der Waals surface area contributed by atoms with Crippen LogP contribution in [0.1, 0.15) is 24.5 Å². The summed E-state index contributed by atoms with van der Waals surface area (Å²) in [5, 5.41) is 9.49. The standard InChI is InChI=1S/C22H19BrClNO5S2/c1-2-29-17-10-13(11-18-21(28)25(22(31)32-18)8-7-19(26)27)9-15(23)20(17)30-12-14-5-3-4-6-16(14)24/h3-6,9-11H,2,7-8,12H2,1H3,(H,26,27)/b18-11+. The minimum Gasteiger partial charge on any atom is -0.490 e. The number of nitrogens with zero attached hydrogens (tertiary/aromatic N) is 1. The zero-order valence-electron chi connectivity index (χ0n) is 17.0. The lowest BCUT2D eigenvalue weighted by atomic mass is 10.1. The molecule has 10 heteroatoms. The summed E-state index contributed by atoms with van der Waals surface area (Å²) >= 11 is 16.1. The second-order valence-corrected chi connectivity index (χ2v) is 9.56. The molecule has 0 radical (unpaired) electrons. The molecule has 0 spiro atoms. The number of thiocarbonyl (C=S) groups is 1.